The summed E-state index contributed by atoms with van der Waals surface area (Å²) in [5, 5.41) is 9.67. The van der Waals surface area contributed by atoms with Crippen molar-refractivity contribution in [2.45, 2.75) is 38.1 Å². The highest BCUT2D eigenvalue weighted by Gasteiger charge is 2.46. The summed E-state index contributed by atoms with van der Waals surface area (Å²) >= 11 is 0. The second kappa shape index (κ2) is 7.42. The zero-order valence-electron chi connectivity index (χ0n) is 15.9. The van der Waals surface area contributed by atoms with Crippen molar-refractivity contribution in [2.24, 2.45) is 11.1 Å². The molecule has 5 nitrogen and oxygen atoms in total. The Hall–Kier alpha value is -2.45. The fourth-order valence-electron chi connectivity index (χ4n) is 4.54. The number of aliphatic hydroxyl groups is 1. The molecule has 2 aromatic rings. The molecule has 1 atom stereocenters. The van der Waals surface area contributed by atoms with Crippen LogP contribution in [-0.4, -0.2) is 34.3 Å². The van der Waals surface area contributed by atoms with E-state index in [-0.39, 0.29) is 35.5 Å². The average Bonchev–Trinajstić information content (AvgIpc) is 2.98. The van der Waals surface area contributed by atoms with Crippen LogP contribution >= 0.6 is 0 Å². The fraction of sp³-hybridized carbons (Fsp3) is 0.429. The molecule has 1 spiro atoms. The van der Waals surface area contributed by atoms with E-state index < -0.39 is 6.18 Å². The van der Waals surface area contributed by atoms with E-state index >= 15 is 0 Å². The number of alkyl halides is 3. The van der Waals surface area contributed by atoms with Crippen LogP contribution in [0.15, 0.2) is 36.5 Å². The van der Waals surface area contributed by atoms with Crippen LogP contribution in [0.4, 0.5) is 19.0 Å². The average molecular weight is 404 g/mol. The summed E-state index contributed by atoms with van der Waals surface area (Å²) in [5.41, 5.74) is 9.49. The first kappa shape index (κ1) is 19.8. The molecule has 3 N–H and O–H groups in total. The summed E-state index contributed by atoms with van der Waals surface area (Å²) < 4.78 is 37.1. The normalized spacial score (nSPS) is 21.1. The highest BCUT2D eigenvalue weighted by atomic mass is 19.4. The zero-order valence-corrected chi connectivity index (χ0v) is 15.9. The van der Waals surface area contributed by atoms with Crippen LogP contribution in [-0.2, 0) is 13.0 Å². The minimum absolute atomic E-state index is 0.000807. The Labute approximate surface area is 167 Å². The summed E-state index contributed by atoms with van der Waals surface area (Å²) in [5.74, 6) is 0.524. The molecule has 154 valence electrons. The lowest BCUT2D eigenvalue weighted by Gasteiger charge is -2.42. The number of anilines is 1. The van der Waals surface area contributed by atoms with E-state index in [1.165, 1.54) is 17.3 Å². The third-order valence-electron chi connectivity index (χ3n) is 6.09. The number of nitrogens with two attached hydrogens (primary N) is 1. The molecule has 2 heterocycles. The molecule has 1 fully saturated rings. The van der Waals surface area contributed by atoms with Crippen molar-refractivity contribution in [1.29, 1.82) is 0 Å². The number of hydrogen-bond donors (Lipinski definition) is 2. The van der Waals surface area contributed by atoms with E-state index in [2.05, 4.69) is 22.1 Å². The number of aliphatic hydroxyl groups excluding tert-OH is 1. The van der Waals surface area contributed by atoms with Gasteiger partial charge in [0.25, 0.3) is 0 Å². The highest BCUT2D eigenvalue weighted by molar-refractivity contribution is 5.51. The Bertz CT molecular complexity index is 920. The van der Waals surface area contributed by atoms with Crippen LogP contribution in [0.1, 0.15) is 41.4 Å². The van der Waals surface area contributed by atoms with Crippen molar-refractivity contribution in [1.82, 2.24) is 9.97 Å². The SMILES string of the molecule is NC1c2ccccc2CC12CCN(c1ncc(C=CC(F)(F)F)nc1CO)CC2. The van der Waals surface area contributed by atoms with E-state index in [9.17, 15) is 18.3 Å². The number of piperidine rings is 1. The lowest BCUT2D eigenvalue weighted by atomic mass is 9.73. The smallest absolute Gasteiger partial charge is 0.390 e. The summed E-state index contributed by atoms with van der Waals surface area (Å²) in [6, 6.07) is 8.30. The van der Waals surface area contributed by atoms with Crippen LogP contribution in [0, 0.1) is 5.41 Å². The Morgan fingerprint density at radius 2 is 1.97 bits per heavy atom. The van der Waals surface area contributed by atoms with Gasteiger partial charge in [0.1, 0.15) is 5.69 Å². The first-order valence-electron chi connectivity index (χ1n) is 9.62. The number of halogens is 3. The zero-order chi connectivity index (χ0) is 20.6. The molecule has 1 unspecified atom stereocenters. The minimum atomic E-state index is -4.42. The van der Waals surface area contributed by atoms with E-state index in [0.717, 1.165) is 25.3 Å². The van der Waals surface area contributed by atoms with Gasteiger partial charge >= 0.3 is 6.18 Å². The van der Waals surface area contributed by atoms with Crippen molar-refractivity contribution in [3.8, 4) is 0 Å². The lowest BCUT2D eigenvalue weighted by Crippen LogP contribution is -2.45. The quantitative estimate of drug-likeness (QED) is 0.820. The molecule has 0 amide bonds. The number of fused-ring (bicyclic) bond motifs is 1. The van der Waals surface area contributed by atoms with Gasteiger partial charge in [-0.2, -0.15) is 13.2 Å². The number of nitrogens with zero attached hydrogens (tertiary/aromatic N) is 3. The van der Waals surface area contributed by atoms with Gasteiger partial charge in [0.15, 0.2) is 5.82 Å². The third kappa shape index (κ3) is 3.86. The van der Waals surface area contributed by atoms with Crippen molar-refractivity contribution in [2.75, 3.05) is 18.0 Å². The van der Waals surface area contributed by atoms with E-state index in [4.69, 9.17) is 5.73 Å². The molecule has 1 aliphatic heterocycles. The van der Waals surface area contributed by atoms with Gasteiger partial charge in [0.05, 0.1) is 18.5 Å². The largest absolute Gasteiger partial charge is 0.409 e. The van der Waals surface area contributed by atoms with E-state index in [1.807, 2.05) is 17.0 Å². The third-order valence-corrected chi connectivity index (χ3v) is 6.09. The van der Waals surface area contributed by atoms with Crippen LogP contribution < -0.4 is 10.6 Å². The number of allylic oxidation sites excluding steroid dienone is 1. The maximum absolute atomic E-state index is 12.4. The van der Waals surface area contributed by atoms with Crippen LogP contribution in [0.3, 0.4) is 0 Å². The molecular weight excluding hydrogens is 381 g/mol. The molecule has 0 radical (unpaired) electrons. The van der Waals surface area contributed by atoms with Gasteiger partial charge in [-0.25, -0.2) is 9.97 Å². The summed E-state index contributed by atoms with van der Waals surface area (Å²) in [4.78, 5) is 10.5. The Kier molecular flexibility index (Phi) is 5.08. The molecule has 1 saturated heterocycles. The van der Waals surface area contributed by atoms with Gasteiger partial charge < -0.3 is 15.7 Å². The first-order valence-corrected chi connectivity index (χ1v) is 9.62. The van der Waals surface area contributed by atoms with E-state index in [1.54, 1.807) is 0 Å². The Balaban J connectivity index is 1.50. The maximum Gasteiger partial charge on any atom is 0.409 e. The van der Waals surface area contributed by atoms with Crippen LogP contribution in [0.25, 0.3) is 6.08 Å². The number of benzene rings is 1. The van der Waals surface area contributed by atoms with Gasteiger partial charge in [-0.15, -0.1) is 0 Å². The molecule has 4 rings (SSSR count). The monoisotopic (exact) mass is 404 g/mol. The number of aromatic nitrogens is 2. The van der Waals surface area contributed by atoms with Gasteiger partial charge in [0, 0.05) is 25.2 Å². The lowest BCUT2D eigenvalue weighted by molar-refractivity contribution is -0.0790. The van der Waals surface area contributed by atoms with Crippen molar-refractivity contribution in [3.63, 3.8) is 0 Å². The molecule has 1 aromatic heterocycles. The molecule has 8 heteroatoms. The Morgan fingerprint density at radius 1 is 1.24 bits per heavy atom. The molecule has 1 aromatic carbocycles. The summed E-state index contributed by atoms with van der Waals surface area (Å²) in [6.07, 6.45) is 0.572. The van der Waals surface area contributed by atoms with Gasteiger partial charge in [-0.3, -0.25) is 0 Å². The number of hydrogen-bond acceptors (Lipinski definition) is 5. The second-order valence-corrected chi connectivity index (χ2v) is 7.80. The summed E-state index contributed by atoms with van der Waals surface area (Å²) in [7, 11) is 0. The standard InChI is InChI=1S/C21H23F3N4O/c22-21(23,24)6-5-15-12-26-19(17(13-29)27-15)28-9-7-20(8-10-28)11-14-3-1-2-4-16(14)18(20)25/h1-6,12,18,29H,7-11,13,25H2. The fourth-order valence-corrected chi connectivity index (χ4v) is 4.54. The van der Waals surface area contributed by atoms with Crippen molar-refractivity contribution < 1.29 is 18.3 Å². The van der Waals surface area contributed by atoms with Gasteiger partial charge in [0.2, 0.25) is 0 Å². The topological polar surface area (TPSA) is 75.3 Å². The highest BCUT2D eigenvalue weighted by Crippen LogP contribution is 2.50. The van der Waals surface area contributed by atoms with Crippen molar-refractivity contribution >= 4 is 11.9 Å². The van der Waals surface area contributed by atoms with Gasteiger partial charge in [-0.1, -0.05) is 24.3 Å². The maximum atomic E-state index is 12.4. The first-order chi connectivity index (χ1) is 13.8. The van der Waals surface area contributed by atoms with Crippen LogP contribution in [0.5, 0.6) is 0 Å². The Morgan fingerprint density at radius 3 is 2.62 bits per heavy atom. The molecule has 2 aliphatic rings. The van der Waals surface area contributed by atoms with Crippen LogP contribution in [0.2, 0.25) is 0 Å². The molecule has 29 heavy (non-hydrogen) atoms. The predicted molar refractivity (Wildman–Crippen MR) is 104 cm³/mol. The molecular formula is C21H23F3N4O. The minimum Gasteiger partial charge on any atom is -0.390 e. The second-order valence-electron chi connectivity index (χ2n) is 7.80. The molecule has 0 saturated carbocycles. The summed E-state index contributed by atoms with van der Waals surface area (Å²) in [6.45, 7) is 1.03. The predicted octanol–water partition coefficient (Wildman–Crippen LogP) is 3.39. The van der Waals surface area contributed by atoms with Gasteiger partial charge in [-0.05, 0) is 41.9 Å². The number of rotatable bonds is 3. The van der Waals surface area contributed by atoms with E-state index in [0.29, 0.717) is 18.9 Å². The molecule has 0 bridgehead atoms. The molecule has 1 aliphatic carbocycles. The van der Waals surface area contributed by atoms with Crippen molar-refractivity contribution in [3.05, 3.63) is 59.1 Å².